The summed E-state index contributed by atoms with van der Waals surface area (Å²) in [5.41, 5.74) is 4.20. The Labute approximate surface area is 386 Å². The predicted molar refractivity (Wildman–Crippen MR) is 257 cm³/mol. The third-order valence-corrected chi connectivity index (χ3v) is 10.6. The molecule has 0 spiro atoms. The van der Waals surface area contributed by atoms with Crippen molar-refractivity contribution in [3.63, 3.8) is 0 Å². The Kier molecular flexibility index (Phi) is 7.13. The van der Waals surface area contributed by atoms with Crippen LogP contribution in [0.2, 0.25) is 0 Å². The Hall–Kier alpha value is -7.31. The van der Waals surface area contributed by atoms with Crippen molar-refractivity contribution in [2.75, 3.05) is 0 Å². The van der Waals surface area contributed by atoms with Gasteiger partial charge >= 0.3 is 0 Å². The topological polar surface area (TPSA) is 48.8 Å². The fraction of sp³-hybridized carbons (Fsp3) is 0.175. The predicted octanol–water partition coefficient (Wildman–Crippen LogP) is 13.9. The molecule has 0 atom stereocenters. The molecule has 4 heterocycles. The van der Waals surface area contributed by atoms with Gasteiger partial charge in [-0.2, -0.15) is 0 Å². The molecule has 10 rings (SSSR count). The van der Waals surface area contributed by atoms with Crippen LogP contribution in [-0.2, 0) is 12.8 Å². The number of nitrogens with zero attached hydrogens (tertiary/aromatic N) is 5. The van der Waals surface area contributed by atoms with Crippen LogP contribution in [0.15, 0.2) is 176 Å². The zero-order chi connectivity index (χ0) is 53.8. The van der Waals surface area contributed by atoms with Crippen LogP contribution in [0.25, 0.3) is 72.3 Å². The molecular weight excluding hydrogens is 771 g/mol. The second-order valence-electron chi connectivity index (χ2n) is 17.8. The van der Waals surface area contributed by atoms with E-state index in [0.29, 0.717) is 39.6 Å². The smallest absolute Gasteiger partial charge is 0.269 e. The van der Waals surface area contributed by atoms with Crippen LogP contribution < -0.4 is 9.30 Å². The summed E-state index contributed by atoms with van der Waals surface area (Å²) in [5, 5.41) is 1.80. The highest BCUT2D eigenvalue weighted by Crippen LogP contribution is 2.38. The third-order valence-electron chi connectivity index (χ3n) is 10.6. The highest BCUT2D eigenvalue weighted by molar-refractivity contribution is 6.09. The van der Waals surface area contributed by atoms with Crippen LogP contribution in [0.4, 0.5) is 0 Å². The first-order valence-electron chi connectivity index (χ1n) is 26.8. The number of imidazole rings is 1. The van der Waals surface area contributed by atoms with Crippen molar-refractivity contribution in [3.8, 4) is 50.9 Å². The first kappa shape index (κ1) is 28.3. The van der Waals surface area contributed by atoms with E-state index in [1.54, 1.807) is 45.7 Å². The molecule has 6 aromatic carbocycles. The quantitative estimate of drug-likeness (QED) is 0.107. The fourth-order valence-corrected chi connectivity index (χ4v) is 8.13. The number of ether oxygens (including phenoxy) is 1. The van der Waals surface area contributed by atoms with Crippen LogP contribution >= 0.6 is 0 Å². The molecule has 0 aliphatic carbocycles. The first-order chi connectivity index (χ1) is 35.4. The Morgan fingerprint density at radius 3 is 2.05 bits per heavy atom. The average molecular weight is 834 g/mol. The van der Waals surface area contributed by atoms with E-state index in [-0.39, 0.29) is 33.4 Å². The van der Waals surface area contributed by atoms with Crippen LogP contribution in [0.1, 0.15) is 69.2 Å². The summed E-state index contributed by atoms with van der Waals surface area (Å²) in [6, 6.07) is 25.4. The summed E-state index contributed by atoms with van der Waals surface area (Å²) >= 11 is 0. The number of rotatable bonds is 9. The second-order valence-corrected chi connectivity index (χ2v) is 17.8. The van der Waals surface area contributed by atoms with Crippen molar-refractivity contribution in [3.05, 3.63) is 194 Å². The van der Waals surface area contributed by atoms with E-state index in [0.717, 1.165) is 33.9 Å². The highest BCUT2D eigenvalue weighted by Gasteiger charge is 2.22. The van der Waals surface area contributed by atoms with Gasteiger partial charge in [0.1, 0.15) is 17.3 Å². The average Bonchev–Trinajstić information content (AvgIpc) is 3.92. The molecule has 0 fully saturated rings. The lowest BCUT2D eigenvalue weighted by Gasteiger charge is -2.19. The van der Waals surface area contributed by atoms with E-state index in [4.69, 9.17) is 31.2 Å². The van der Waals surface area contributed by atoms with Gasteiger partial charge in [0.25, 0.3) is 6.33 Å². The summed E-state index contributed by atoms with van der Waals surface area (Å²) in [7, 11) is 0. The third kappa shape index (κ3) is 8.01. The number of fused-ring (bicyclic) bond motifs is 4. The maximum Gasteiger partial charge on any atom is 0.269 e. The molecule has 0 unspecified atom stereocenters. The number of hydrogen-bond donors (Lipinski definition) is 0. The number of hydrogen-bond acceptors (Lipinski definition) is 3. The minimum absolute atomic E-state index is 0.0331. The largest absolute Gasteiger partial charge is 0.458 e. The van der Waals surface area contributed by atoms with Crippen molar-refractivity contribution in [1.82, 2.24) is 19.1 Å². The van der Waals surface area contributed by atoms with E-state index in [1.807, 2.05) is 98.3 Å². The normalized spacial score (nSPS) is 15.0. The molecule has 0 bridgehead atoms. The minimum Gasteiger partial charge on any atom is -0.458 e. The van der Waals surface area contributed by atoms with E-state index in [1.165, 1.54) is 0 Å². The molecule has 0 amide bonds. The molecule has 0 radical (unpaired) electrons. The molecule has 0 aliphatic rings. The van der Waals surface area contributed by atoms with Crippen molar-refractivity contribution in [2.45, 2.75) is 54.3 Å². The summed E-state index contributed by atoms with van der Waals surface area (Å²) in [4.78, 5) is 9.69. The summed E-state index contributed by atoms with van der Waals surface area (Å²) in [6.45, 7) is 12.1. The highest BCUT2D eigenvalue weighted by atomic mass is 16.5. The second kappa shape index (κ2) is 15.9. The van der Waals surface area contributed by atoms with Gasteiger partial charge < -0.3 is 4.74 Å². The van der Waals surface area contributed by atoms with E-state index in [2.05, 4.69) is 33.2 Å². The van der Waals surface area contributed by atoms with Gasteiger partial charge in [0.05, 0.1) is 47.1 Å². The van der Waals surface area contributed by atoms with Gasteiger partial charge in [0.2, 0.25) is 0 Å². The van der Waals surface area contributed by atoms with Gasteiger partial charge in [-0.25, -0.2) is 4.98 Å². The van der Waals surface area contributed by atoms with Gasteiger partial charge in [-0.3, -0.25) is 18.7 Å². The number of aromatic nitrogens is 5. The fourth-order valence-electron chi connectivity index (χ4n) is 8.13. The van der Waals surface area contributed by atoms with Crippen molar-refractivity contribution < 1.29 is 25.8 Å². The molecule has 0 aliphatic heterocycles. The number of pyridine rings is 2. The lowest BCUT2D eigenvalue weighted by molar-refractivity contribution is -0.571. The lowest BCUT2D eigenvalue weighted by atomic mass is 9.88. The Bertz CT molecular complexity index is 3840. The minimum atomic E-state index is -1.68. The van der Waals surface area contributed by atoms with Gasteiger partial charge in [-0.1, -0.05) is 150 Å². The lowest BCUT2D eigenvalue weighted by Crippen LogP contribution is -2.31. The van der Waals surface area contributed by atoms with Crippen LogP contribution in [-0.4, -0.2) is 19.1 Å². The molecule has 310 valence electrons. The van der Waals surface area contributed by atoms with Crippen LogP contribution in [0.5, 0.6) is 11.5 Å². The summed E-state index contributed by atoms with van der Waals surface area (Å²) in [6.07, 6.45) is 6.01. The standard InChI is InChI=1S/C57H51N5O/c1-56(2,3)35-39-29-30-58-54(31-39)62-52-32-42(36-57(4,5)6)59-37-49(52)48-28-27-45(34-53(48)62)63-44-22-15-21-43(33-44)60-38-61(51-26-14-13-25-50(51)60)55-46(40-17-9-7-10-18-40)23-16-24-47(55)41-19-11-8-12-20-41/h7-34,37H,35-36H2,1-6H3/i7D,8D,9D,10D,11D,12D,17D,18D,19D,20D,35D2. The van der Waals surface area contributed by atoms with E-state index < -0.39 is 72.2 Å². The summed E-state index contributed by atoms with van der Waals surface area (Å²) in [5.74, 6) is 1.50. The molecule has 0 saturated carbocycles. The summed E-state index contributed by atoms with van der Waals surface area (Å²) < 4.78 is 117. The van der Waals surface area contributed by atoms with Gasteiger partial charge in [0, 0.05) is 37.7 Å². The molecule has 10 aromatic rings. The maximum absolute atomic E-state index is 9.12. The number of para-hydroxylation sites is 3. The molecule has 63 heavy (non-hydrogen) atoms. The molecular formula is C57H51N5O. The van der Waals surface area contributed by atoms with E-state index in [9.17, 15) is 0 Å². The number of benzene rings is 6. The SMILES string of the molecule is [2H]c1c([2H])c([2H])c(-c2cccc(-c3c([2H])c([2H])c([2H])c([2H])c3[2H])c2-[n+]2[c-]n(-c3cccc(Oc4ccc5c6cnc(CC(C)(C)C)cc6n(-c6cc(C([2H])([2H])C(C)(C)C)ccn6)c5c4)c3)c3ccccc32)c([2H])c1[2H]. The molecule has 6 heteroatoms. The van der Waals surface area contributed by atoms with Gasteiger partial charge in [0.15, 0.2) is 0 Å². The van der Waals surface area contributed by atoms with Crippen molar-refractivity contribution in [1.29, 1.82) is 0 Å². The Morgan fingerprint density at radius 2 is 1.33 bits per heavy atom. The molecule has 0 N–H and O–H groups in total. The van der Waals surface area contributed by atoms with E-state index >= 15 is 0 Å². The molecule has 0 saturated heterocycles. The monoisotopic (exact) mass is 833 g/mol. The zero-order valence-corrected chi connectivity index (χ0v) is 35.8. The Balaban J connectivity index is 1.14. The molecule has 4 aromatic heterocycles. The maximum atomic E-state index is 9.12. The van der Waals surface area contributed by atoms with Crippen molar-refractivity contribution >= 4 is 32.8 Å². The van der Waals surface area contributed by atoms with Crippen LogP contribution in [0, 0.1) is 17.2 Å². The molecule has 6 nitrogen and oxygen atoms in total. The van der Waals surface area contributed by atoms with Gasteiger partial charge in [-0.05, 0) is 100.0 Å². The zero-order valence-electron chi connectivity index (χ0n) is 47.8. The first-order valence-corrected chi connectivity index (χ1v) is 20.8. The van der Waals surface area contributed by atoms with Crippen LogP contribution in [0.3, 0.4) is 0 Å². The Morgan fingerprint density at radius 1 is 0.651 bits per heavy atom. The van der Waals surface area contributed by atoms with Crippen molar-refractivity contribution in [2.24, 2.45) is 10.8 Å². The van der Waals surface area contributed by atoms with Gasteiger partial charge in [-0.15, -0.1) is 0 Å².